The molecule has 0 saturated carbocycles. The Hall–Kier alpha value is -3.42. The van der Waals surface area contributed by atoms with Gasteiger partial charge in [0.15, 0.2) is 5.11 Å². The van der Waals surface area contributed by atoms with E-state index in [1.54, 1.807) is 54.4 Å². The van der Waals surface area contributed by atoms with Crippen LogP contribution in [-0.2, 0) is 11.4 Å². The van der Waals surface area contributed by atoms with Gasteiger partial charge in [0.2, 0.25) is 0 Å². The first-order valence-corrected chi connectivity index (χ1v) is 9.34. The normalized spacial score (nSPS) is 15.4. The smallest absolute Gasteiger partial charge is 0.281 e. The van der Waals surface area contributed by atoms with Gasteiger partial charge in [0.25, 0.3) is 5.91 Å². The number of likely N-dealkylation sites (N-methyl/N-ethyl adjacent to an activating group) is 1. The first kappa shape index (κ1) is 18.9. The molecule has 3 aromatic rings. The van der Waals surface area contributed by atoms with Crippen molar-refractivity contribution in [2.24, 2.45) is 0 Å². The molecule has 0 spiro atoms. The third-order valence-electron chi connectivity index (χ3n) is 4.45. The van der Waals surface area contributed by atoms with Crippen molar-refractivity contribution in [3.63, 3.8) is 0 Å². The summed E-state index contributed by atoms with van der Waals surface area (Å²) in [6, 6.07) is 20.0. The lowest BCUT2D eigenvalue weighted by molar-refractivity contribution is -0.114. The average molecular weight is 406 g/mol. The highest BCUT2D eigenvalue weighted by atomic mass is 32.1. The van der Waals surface area contributed by atoms with Crippen molar-refractivity contribution in [2.45, 2.75) is 6.61 Å². The zero-order chi connectivity index (χ0) is 20.4. The number of aliphatic hydroxyl groups is 1. The lowest BCUT2D eigenvalue weighted by Crippen LogP contribution is -2.31. The molecule has 1 amide bonds. The third kappa shape index (κ3) is 3.78. The Bertz CT molecular complexity index is 1070. The standard InChI is InChI=1S/C22H18N2O4S/c1-23-20(13-18-11-12-19(14-25)28-18)21(26)24(22(23)29)15-7-9-17(10-8-15)27-16-5-3-2-4-6-16/h2-13,25H,14H2,1H3/b20-13+. The highest BCUT2D eigenvalue weighted by Crippen LogP contribution is 2.30. The first-order chi connectivity index (χ1) is 14.1. The van der Waals surface area contributed by atoms with Crippen LogP contribution in [0.5, 0.6) is 11.5 Å². The summed E-state index contributed by atoms with van der Waals surface area (Å²) in [5.74, 6) is 2.04. The summed E-state index contributed by atoms with van der Waals surface area (Å²) in [7, 11) is 1.73. The fourth-order valence-corrected chi connectivity index (χ4v) is 3.25. The van der Waals surface area contributed by atoms with Crippen molar-refractivity contribution in [2.75, 3.05) is 11.9 Å². The molecule has 2 heterocycles. The Morgan fingerprint density at radius 2 is 1.72 bits per heavy atom. The second-order valence-electron chi connectivity index (χ2n) is 6.38. The van der Waals surface area contributed by atoms with Gasteiger partial charge in [-0.1, -0.05) is 18.2 Å². The second-order valence-corrected chi connectivity index (χ2v) is 6.75. The molecule has 4 rings (SSSR count). The third-order valence-corrected chi connectivity index (χ3v) is 4.91. The summed E-state index contributed by atoms with van der Waals surface area (Å²) >= 11 is 5.47. The minimum atomic E-state index is -0.254. The summed E-state index contributed by atoms with van der Waals surface area (Å²) < 4.78 is 11.2. The van der Waals surface area contributed by atoms with Crippen LogP contribution in [0.25, 0.3) is 6.08 Å². The van der Waals surface area contributed by atoms with Crippen molar-refractivity contribution >= 4 is 35.0 Å². The quantitative estimate of drug-likeness (QED) is 0.507. The molecule has 6 nitrogen and oxygen atoms in total. The van der Waals surface area contributed by atoms with Gasteiger partial charge in [-0.05, 0) is 60.7 Å². The molecule has 29 heavy (non-hydrogen) atoms. The highest BCUT2D eigenvalue weighted by molar-refractivity contribution is 7.80. The Kier molecular flexibility index (Phi) is 5.16. The number of benzene rings is 2. The lowest BCUT2D eigenvalue weighted by atomic mass is 10.2. The van der Waals surface area contributed by atoms with Gasteiger partial charge in [-0.3, -0.25) is 9.69 Å². The number of nitrogens with zero attached hydrogens (tertiary/aromatic N) is 2. The van der Waals surface area contributed by atoms with Gasteiger partial charge in [0.05, 0.1) is 5.69 Å². The number of anilines is 1. The number of rotatable bonds is 5. The molecule has 2 aromatic carbocycles. The molecule has 1 saturated heterocycles. The van der Waals surface area contributed by atoms with Gasteiger partial charge >= 0.3 is 0 Å². The summed E-state index contributed by atoms with van der Waals surface area (Å²) in [6.45, 7) is -0.200. The van der Waals surface area contributed by atoms with Crippen molar-refractivity contribution in [3.05, 3.63) is 83.9 Å². The van der Waals surface area contributed by atoms with E-state index in [4.69, 9.17) is 26.5 Å². The average Bonchev–Trinajstić information content (AvgIpc) is 3.28. The van der Waals surface area contributed by atoms with Crippen LogP contribution in [-0.4, -0.2) is 28.1 Å². The lowest BCUT2D eigenvalue weighted by Gasteiger charge is -2.17. The molecule has 0 aliphatic carbocycles. The zero-order valence-electron chi connectivity index (χ0n) is 15.6. The van der Waals surface area contributed by atoms with Crippen LogP contribution >= 0.6 is 12.2 Å². The van der Waals surface area contributed by atoms with E-state index in [-0.39, 0.29) is 12.5 Å². The van der Waals surface area contributed by atoms with E-state index in [0.717, 1.165) is 5.75 Å². The van der Waals surface area contributed by atoms with Gasteiger partial charge in [-0.15, -0.1) is 0 Å². The van der Waals surface area contributed by atoms with E-state index < -0.39 is 0 Å². The van der Waals surface area contributed by atoms with Crippen LogP contribution in [0, 0.1) is 0 Å². The number of aliphatic hydroxyl groups excluding tert-OH is 1. The topological polar surface area (TPSA) is 66.2 Å². The Labute approximate surface area is 173 Å². The number of hydrogen-bond acceptors (Lipinski definition) is 5. The van der Waals surface area contributed by atoms with Crippen LogP contribution < -0.4 is 9.64 Å². The molecule has 1 aliphatic heterocycles. The maximum Gasteiger partial charge on any atom is 0.281 e. The molecule has 0 atom stereocenters. The van der Waals surface area contributed by atoms with Crippen LogP contribution in [0.3, 0.4) is 0 Å². The van der Waals surface area contributed by atoms with Crippen molar-refractivity contribution < 1.29 is 19.1 Å². The minimum Gasteiger partial charge on any atom is -0.459 e. The fourth-order valence-electron chi connectivity index (χ4n) is 2.96. The van der Waals surface area contributed by atoms with Crippen LogP contribution in [0.4, 0.5) is 5.69 Å². The summed E-state index contributed by atoms with van der Waals surface area (Å²) in [5, 5.41) is 9.50. The summed E-state index contributed by atoms with van der Waals surface area (Å²) in [4.78, 5) is 16.1. The Morgan fingerprint density at radius 1 is 1.03 bits per heavy atom. The fraction of sp³-hybridized carbons (Fsp3) is 0.0909. The zero-order valence-corrected chi connectivity index (χ0v) is 16.4. The molecular weight excluding hydrogens is 388 g/mol. The number of thiocarbonyl (C=S) groups is 1. The molecule has 0 radical (unpaired) electrons. The number of hydrogen-bond donors (Lipinski definition) is 1. The van der Waals surface area contributed by atoms with Crippen LogP contribution in [0.1, 0.15) is 11.5 Å². The molecule has 1 N–H and O–H groups in total. The predicted molar refractivity (Wildman–Crippen MR) is 113 cm³/mol. The second kappa shape index (κ2) is 7.90. The monoisotopic (exact) mass is 406 g/mol. The van der Waals surface area contributed by atoms with Gasteiger partial charge < -0.3 is 19.2 Å². The SMILES string of the molecule is CN1C(=S)N(c2ccc(Oc3ccccc3)cc2)C(=O)/C1=C\c1ccc(CO)o1. The number of ether oxygens (including phenoxy) is 1. The van der Waals surface area contributed by atoms with Gasteiger partial charge in [-0.25, -0.2) is 0 Å². The van der Waals surface area contributed by atoms with E-state index in [1.807, 2.05) is 30.3 Å². The minimum absolute atomic E-state index is 0.200. The van der Waals surface area contributed by atoms with Crippen LogP contribution in [0.2, 0.25) is 0 Å². The molecule has 1 aromatic heterocycles. The van der Waals surface area contributed by atoms with Gasteiger partial charge in [-0.2, -0.15) is 0 Å². The summed E-state index contributed by atoms with van der Waals surface area (Å²) in [6.07, 6.45) is 1.61. The number of carbonyl (C=O) groups is 1. The Morgan fingerprint density at radius 3 is 2.38 bits per heavy atom. The number of amides is 1. The van der Waals surface area contributed by atoms with Gasteiger partial charge in [0, 0.05) is 13.1 Å². The molecule has 7 heteroatoms. The molecule has 1 fully saturated rings. The van der Waals surface area contributed by atoms with Gasteiger partial charge in [0.1, 0.15) is 35.3 Å². The van der Waals surface area contributed by atoms with E-state index >= 15 is 0 Å². The summed E-state index contributed by atoms with van der Waals surface area (Å²) in [5.41, 5.74) is 1.03. The van der Waals surface area contributed by atoms with Crippen molar-refractivity contribution in [1.29, 1.82) is 0 Å². The predicted octanol–water partition coefficient (Wildman–Crippen LogP) is 4.17. The largest absolute Gasteiger partial charge is 0.459 e. The van der Waals surface area contributed by atoms with E-state index in [2.05, 4.69) is 0 Å². The highest BCUT2D eigenvalue weighted by Gasteiger charge is 2.37. The molecule has 0 bridgehead atoms. The number of para-hydroxylation sites is 1. The van der Waals surface area contributed by atoms with Crippen molar-refractivity contribution in [1.82, 2.24) is 4.90 Å². The van der Waals surface area contributed by atoms with Crippen LogP contribution in [0.15, 0.2) is 76.8 Å². The van der Waals surface area contributed by atoms with E-state index in [1.165, 1.54) is 4.90 Å². The number of carbonyl (C=O) groups excluding carboxylic acids is 1. The first-order valence-electron chi connectivity index (χ1n) is 8.93. The number of furan rings is 1. The maximum absolute atomic E-state index is 13.0. The van der Waals surface area contributed by atoms with Crippen molar-refractivity contribution in [3.8, 4) is 11.5 Å². The molecule has 1 aliphatic rings. The van der Waals surface area contributed by atoms with E-state index in [0.29, 0.717) is 33.8 Å². The molecule has 146 valence electrons. The maximum atomic E-state index is 13.0. The molecule has 0 unspecified atom stereocenters. The Balaban J connectivity index is 1.56. The van der Waals surface area contributed by atoms with E-state index in [9.17, 15) is 4.79 Å². The molecular formula is C22H18N2O4S.